The zero-order valence-electron chi connectivity index (χ0n) is 16.5. The predicted octanol–water partition coefficient (Wildman–Crippen LogP) is -0.615. The van der Waals surface area contributed by atoms with Crippen LogP contribution in [0.25, 0.3) is 0 Å². The summed E-state index contributed by atoms with van der Waals surface area (Å²) in [5.41, 5.74) is 1.42. The van der Waals surface area contributed by atoms with Crippen LogP contribution in [-0.4, -0.2) is 75.9 Å². The van der Waals surface area contributed by atoms with E-state index >= 15 is 0 Å². The molecule has 4 atom stereocenters. The Labute approximate surface area is 173 Å². The highest BCUT2D eigenvalue weighted by Gasteiger charge is 2.47. The van der Waals surface area contributed by atoms with Gasteiger partial charge >= 0.3 is 0 Å². The fourth-order valence-electron chi connectivity index (χ4n) is 5.39. The number of nitrogens with one attached hydrogen (secondary N) is 2. The topological polar surface area (TPSA) is 119 Å². The molecule has 0 aliphatic carbocycles. The number of hydrogen-bond acceptors (Lipinski definition) is 7. The average molecular weight is 412 g/mol. The van der Waals surface area contributed by atoms with Crippen molar-refractivity contribution in [3.05, 3.63) is 34.9 Å². The Balaban J connectivity index is 1.44. The third-order valence-corrected chi connectivity index (χ3v) is 6.87. The Morgan fingerprint density at radius 3 is 2.67 bits per heavy atom. The van der Waals surface area contributed by atoms with Gasteiger partial charge in [-0.1, -0.05) is 12.1 Å². The first kappa shape index (κ1) is 19.3. The van der Waals surface area contributed by atoms with Crippen LogP contribution in [0, 0.1) is 0 Å². The molecule has 0 spiro atoms. The van der Waals surface area contributed by atoms with Crippen LogP contribution in [0.3, 0.4) is 0 Å². The number of aliphatic hydroxyl groups excluding tert-OH is 1. The van der Waals surface area contributed by atoms with E-state index in [1.165, 1.54) is 0 Å². The molecular weight excluding hydrogens is 388 g/mol. The van der Waals surface area contributed by atoms with E-state index in [4.69, 9.17) is 0 Å². The van der Waals surface area contributed by atoms with Gasteiger partial charge in [0.05, 0.1) is 17.7 Å². The van der Waals surface area contributed by atoms with Crippen LogP contribution in [0.1, 0.15) is 52.0 Å². The third kappa shape index (κ3) is 2.88. The second-order valence-electron chi connectivity index (χ2n) is 8.46. The Hall–Kier alpha value is -2.62. The van der Waals surface area contributed by atoms with Crippen molar-refractivity contribution < 1.29 is 24.3 Å². The minimum Gasteiger partial charge on any atom is -0.395 e. The number of benzene rings is 1. The molecule has 0 saturated carbocycles. The smallest absolute Gasteiger partial charge is 0.262 e. The molecule has 4 aliphatic heterocycles. The van der Waals surface area contributed by atoms with E-state index in [9.17, 15) is 24.3 Å². The quantitative estimate of drug-likeness (QED) is 0.564. The number of rotatable bonds is 4. The van der Waals surface area contributed by atoms with Crippen LogP contribution in [0.2, 0.25) is 0 Å². The summed E-state index contributed by atoms with van der Waals surface area (Å²) in [6.07, 6.45) is 2.25. The second-order valence-corrected chi connectivity index (χ2v) is 8.46. The minimum atomic E-state index is -0.961. The number of hydrogen-bond donors (Lipinski definition) is 3. The number of carbonyl (C=O) groups excluding carboxylic acids is 4. The van der Waals surface area contributed by atoms with E-state index in [-0.39, 0.29) is 37.4 Å². The molecule has 1 aromatic rings. The highest BCUT2D eigenvalue weighted by atomic mass is 16.3. The summed E-state index contributed by atoms with van der Waals surface area (Å²) < 4.78 is 0. The Bertz CT molecular complexity index is 947. The first-order valence-corrected chi connectivity index (χ1v) is 10.4. The van der Waals surface area contributed by atoms with Crippen molar-refractivity contribution in [2.45, 2.75) is 56.4 Å². The summed E-state index contributed by atoms with van der Waals surface area (Å²) in [5.74, 6) is -1.95. The molecule has 3 saturated heterocycles. The summed E-state index contributed by atoms with van der Waals surface area (Å²) in [6, 6.07) is 4.78. The van der Waals surface area contributed by atoms with Gasteiger partial charge in [-0.2, -0.15) is 0 Å². The van der Waals surface area contributed by atoms with Gasteiger partial charge in [-0.3, -0.25) is 34.3 Å². The lowest BCUT2D eigenvalue weighted by atomic mass is 10.00. The Morgan fingerprint density at radius 2 is 1.90 bits per heavy atom. The highest BCUT2D eigenvalue weighted by molar-refractivity contribution is 6.24. The summed E-state index contributed by atoms with van der Waals surface area (Å²) in [4.78, 5) is 53.3. The third-order valence-electron chi connectivity index (χ3n) is 6.87. The number of amides is 4. The van der Waals surface area contributed by atoms with E-state index < -0.39 is 23.8 Å². The van der Waals surface area contributed by atoms with Crippen LogP contribution in [0.4, 0.5) is 0 Å². The maximum Gasteiger partial charge on any atom is 0.262 e. The lowest BCUT2D eigenvalue weighted by molar-refractivity contribution is -0.136. The maximum atomic E-state index is 13.3. The fraction of sp³-hybridized carbons (Fsp3) is 0.524. The number of imide groups is 2. The van der Waals surface area contributed by atoms with E-state index in [0.717, 1.165) is 29.8 Å². The van der Waals surface area contributed by atoms with Crippen LogP contribution in [0.15, 0.2) is 18.2 Å². The fourth-order valence-corrected chi connectivity index (χ4v) is 5.39. The van der Waals surface area contributed by atoms with Gasteiger partial charge in [0.2, 0.25) is 11.8 Å². The van der Waals surface area contributed by atoms with Gasteiger partial charge in [-0.15, -0.1) is 0 Å². The molecule has 30 heavy (non-hydrogen) atoms. The van der Waals surface area contributed by atoms with E-state index in [1.807, 2.05) is 6.07 Å². The number of piperazine rings is 1. The SMILES string of the molecule is O=C1CCC(N2C(=O)c3cccc(CN4C5CCC4C(CO)NC5)c3C2=O)C(=O)N1. The van der Waals surface area contributed by atoms with Gasteiger partial charge < -0.3 is 10.4 Å². The predicted molar refractivity (Wildman–Crippen MR) is 104 cm³/mol. The van der Waals surface area contributed by atoms with Crippen molar-refractivity contribution in [1.82, 2.24) is 20.4 Å². The molecular formula is C21H24N4O5. The number of aliphatic hydroxyl groups is 1. The zero-order chi connectivity index (χ0) is 21.0. The van der Waals surface area contributed by atoms with E-state index in [0.29, 0.717) is 23.7 Å². The molecule has 4 aliphatic rings. The van der Waals surface area contributed by atoms with E-state index in [2.05, 4.69) is 15.5 Å². The molecule has 1 aromatic carbocycles. The number of nitrogens with zero attached hydrogens (tertiary/aromatic N) is 2. The zero-order valence-corrected chi connectivity index (χ0v) is 16.5. The number of piperidine rings is 1. The standard InChI is InChI=1S/C21H24N4O5/c26-10-14-15-5-4-12(8-22-14)24(15)9-11-2-1-3-13-18(11)21(30)25(20(13)29)16-6-7-17(27)23-19(16)28/h1-3,12,14-16,22,26H,4-10H2,(H,23,27,28). The maximum absolute atomic E-state index is 13.3. The molecule has 3 N–H and O–H groups in total. The summed E-state index contributed by atoms with van der Waals surface area (Å²) in [5, 5.41) is 15.3. The van der Waals surface area contributed by atoms with E-state index in [1.54, 1.807) is 12.1 Å². The summed E-state index contributed by atoms with van der Waals surface area (Å²) in [6.45, 7) is 1.35. The monoisotopic (exact) mass is 412 g/mol. The molecule has 0 aromatic heterocycles. The molecule has 4 heterocycles. The van der Waals surface area contributed by atoms with Crippen LogP contribution >= 0.6 is 0 Å². The molecule has 3 fully saturated rings. The molecule has 0 radical (unpaired) electrons. The average Bonchev–Trinajstić information content (AvgIpc) is 3.13. The number of fused-ring (bicyclic) bond motifs is 3. The first-order valence-electron chi connectivity index (χ1n) is 10.4. The lowest BCUT2D eigenvalue weighted by Gasteiger charge is -2.40. The molecule has 4 unspecified atom stereocenters. The van der Waals surface area contributed by atoms with Crippen molar-refractivity contribution in [3.8, 4) is 0 Å². The van der Waals surface area contributed by atoms with Gasteiger partial charge in [0.1, 0.15) is 6.04 Å². The van der Waals surface area contributed by atoms with Crippen molar-refractivity contribution >= 4 is 23.6 Å². The first-order chi connectivity index (χ1) is 14.5. The summed E-state index contributed by atoms with van der Waals surface area (Å²) in [7, 11) is 0. The summed E-state index contributed by atoms with van der Waals surface area (Å²) >= 11 is 0. The molecule has 5 rings (SSSR count). The van der Waals surface area contributed by atoms with Crippen molar-refractivity contribution in [2.75, 3.05) is 13.2 Å². The molecule has 4 amide bonds. The van der Waals surface area contributed by atoms with Crippen molar-refractivity contribution in [2.24, 2.45) is 0 Å². The van der Waals surface area contributed by atoms with Crippen molar-refractivity contribution in [3.63, 3.8) is 0 Å². The largest absolute Gasteiger partial charge is 0.395 e. The van der Waals surface area contributed by atoms with Crippen LogP contribution < -0.4 is 10.6 Å². The molecule has 2 bridgehead atoms. The second kappa shape index (κ2) is 7.26. The van der Waals surface area contributed by atoms with Gasteiger partial charge in [0.15, 0.2) is 0 Å². The molecule has 158 valence electrons. The Morgan fingerprint density at radius 1 is 1.07 bits per heavy atom. The van der Waals surface area contributed by atoms with Crippen LogP contribution in [0.5, 0.6) is 0 Å². The minimum absolute atomic E-state index is 0.00202. The number of carbonyl (C=O) groups is 4. The van der Waals surface area contributed by atoms with Gasteiger partial charge in [0.25, 0.3) is 11.8 Å². The van der Waals surface area contributed by atoms with Gasteiger partial charge in [0, 0.05) is 37.6 Å². The lowest BCUT2D eigenvalue weighted by Crippen LogP contribution is -2.58. The highest BCUT2D eigenvalue weighted by Crippen LogP contribution is 2.35. The molecule has 9 nitrogen and oxygen atoms in total. The van der Waals surface area contributed by atoms with Gasteiger partial charge in [-0.25, -0.2) is 0 Å². The molecule has 9 heteroatoms. The van der Waals surface area contributed by atoms with Crippen molar-refractivity contribution in [1.29, 1.82) is 0 Å². The van der Waals surface area contributed by atoms with Gasteiger partial charge in [-0.05, 0) is 30.9 Å². The normalized spacial score (nSPS) is 31.3. The Kier molecular flexibility index (Phi) is 4.68. The van der Waals surface area contributed by atoms with Crippen LogP contribution in [-0.2, 0) is 16.1 Å².